The average molecular weight is 158 g/mol. The third-order valence-electron chi connectivity index (χ3n) is 1.69. The summed E-state index contributed by atoms with van der Waals surface area (Å²) in [7, 11) is 0. The molecule has 0 aliphatic carbocycles. The molecule has 0 spiro atoms. The first kappa shape index (κ1) is 7.10. The Bertz CT molecular complexity index is 348. The molecule has 0 aliphatic heterocycles. The van der Waals surface area contributed by atoms with E-state index in [-0.39, 0.29) is 0 Å². The molecule has 0 unspecified atom stereocenters. The molecule has 0 fully saturated rings. The Balaban J connectivity index is 2.43. The van der Waals surface area contributed by atoms with Crippen molar-refractivity contribution >= 4 is 0 Å². The highest BCUT2D eigenvalue weighted by atomic mass is 16.3. The molecular weight excluding hydrogens is 150 g/mol. The zero-order valence-corrected chi connectivity index (χ0v) is 6.74. The van der Waals surface area contributed by atoms with Crippen molar-refractivity contribution in [3.8, 4) is 11.5 Å². The summed E-state index contributed by atoms with van der Waals surface area (Å²) in [6.07, 6.45) is 4.08. The molecule has 1 radical (unpaired) electrons. The van der Waals surface area contributed by atoms with Gasteiger partial charge in [0.25, 0.3) is 0 Å². The zero-order valence-electron chi connectivity index (χ0n) is 6.74. The van der Waals surface area contributed by atoms with E-state index in [0.29, 0.717) is 5.89 Å². The quantitative estimate of drug-likeness (QED) is 0.637. The van der Waals surface area contributed by atoms with E-state index in [1.54, 1.807) is 0 Å². The number of aryl methyl sites for hydroxylation is 1. The Morgan fingerprint density at radius 3 is 2.58 bits per heavy atom. The molecular formula is C10H8NO. The van der Waals surface area contributed by atoms with Crippen LogP contribution in [0.4, 0.5) is 0 Å². The average Bonchev–Trinajstić information content (AvgIpc) is 2.58. The standard InChI is InChI=1S/C10H8NO/c1-8-2-4-9(5-3-8)10-11-6-7-12-10/h2-5,7H,1H3. The highest BCUT2D eigenvalue weighted by Crippen LogP contribution is 2.16. The van der Waals surface area contributed by atoms with Gasteiger partial charge in [-0.05, 0) is 19.1 Å². The lowest BCUT2D eigenvalue weighted by Gasteiger charge is -1.94. The highest BCUT2D eigenvalue weighted by molar-refractivity contribution is 5.52. The molecule has 0 saturated carbocycles. The molecule has 1 heterocycles. The third-order valence-corrected chi connectivity index (χ3v) is 1.69. The van der Waals surface area contributed by atoms with Gasteiger partial charge in [-0.15, -0.1) is 0 Å². The molecule has 0 saturated heterocycles. The van der Waals surface area contributed by atoms with Crippen LogP contribution in [-0.2, 0) is 0 Å². The largest absolute Gasteiger partial charge is 0.444 e. The van der Waals surface area contributed by atoms with Crippen LogP contribution >= 0.6 is 0 Å². The Labute approximate surface area is 70.9 Å². The number of benzene rings is 1. The molecule has 2 nitrogen and oxygen atoms in total. The number of nitrogens with zero attached hydrogens (tertiary/aromatic N) is 1. The van der Waals surface area contributed by atoms with Gasteiger partial charge in [0.05, 0.1) is 0 Å². The molecule has 2 aromatic rings. The second-order valence-electron chi connectivity index (χ2n) is 2.65. The summed E-state index contributed by atoms with van der Waals surface area (Å²) in [6, 6.07) is 8.02. The van der Waals surface area contributed by atoms with Gasteiger partial charge in [-0.2, -0.15) is 0 Å². The van der Waals surface area contributed by atoms with Crippen LogP contribution in [0.15, 0.2) is 34.9 Å². The van der Waals surface area contributed by atoms with Crippen LogP contribution in [0.25, 0.3) is 11.5 Å². The van der Waals surface area contributed by atoms with Gasteiger partial charge in [0.2, 0.25) is 5.89 Å². The molecule has 1 aromatic heterocycles. The number of rotatable bonds is 1. The predicted octanol–water partition coefficient (Wildman–Crippen LogP) is 2.45. The molecule has 12 heavy (non-hydrogen) atoms. The molecule has 0 amide bonds. The van der Waals surface area contributed by atoms with Crippen molar-refractivity contribution in [1.82, 2.24) is 4.98 Å². The van der Waals surface area contributed by atoms with E-state index in [4.69, 9.17) is 4.42 Å². The fraction of sp³-hybridized carbons (Fsp3) is 0.100. The summed E-state index contributed by atoms with van der Waals surface area (Å²) in [5, 5.41) is 0. The van der Waals surface area contributed by atoms with Crippen LogP contribution < -0.4 is 0 Å². The first-order chi connectivity index (χ1) is 5.86. The molecule has 0 bridgehead atoms. The summed E-state index contributed by atoms with van der Waals surface area (Å²) in [5.74, 6) is 0.620. The third kappa shape index (κ3) is 1.23. The normalized spacial score (nSPS) is 10.1. The summed E-state index contributed by atoms with van der Waals surface area (Å²) in [4.78, 5) is 3.92. The molecule has 0 N–H and O–H groups in total. The van der Waals surface area contributed by atoms with E-state index in [1.165, 1.54) is 11.8 Å². The van der Waals surface area contributed by atoms with Gasteiger partial charge in [-0.3, -0.25) is 0 Å². The van der Waals surface area contributed by atoms with Crippen LogP contribution in [0, 0.1) is 13.1 Å². The monoisotopic (exact) mass is 158 g/mol. The van der Waals surface area contributed by atoms with E-state index < -0.39 is 0 Å². The lowest BCUT2D eigenvalue weighted by atomic mass is 10.1. The van der Waals surface area contributed by atoms with Gasteiger partial charge in [0.1, 0.15) is 12.5 Å². The maximum absolute atomic E-state index is 5.09. The Morgan fingerprint density at radius 1 is 1.25 bits per heavy atom. The minimum Gasteiger partial charge on any atom is -0.444 e. The Kier molecular flexibility index (Phi) is 1.67. The zero-order chi connectivity index (χ0) is 8.39. The van der Waals surface area contributed by atoms with Crippen molar-refractivity contribution in [3.05, 3.63) is 42.3 Å². The second-order valence-corrected chi connectivity index (χ2v) is 2.65. The van der Waals surface area contributed by atoms with Crippen LogP contribution in [0.2, 0.25) is 0 Å². The van der Waals surface area contributed by atoms with Gasteiger partial charge < -0.3 is 4.42 Å². The number of hydrogen-bond acceptors (Lipinski definition) is 2. The van der Waals surface area contributed by atoms with E-state index >= 15 is 0 Å². The van der Waals surface area contributed by atoms with Crippen LogP contribution in [0.3, 0.4) is 0 Å². The maximum Gasteiger partial charge on any atom is 0.226 e. The first-order valence-corrected chi connectivity index (χ1v) is 3.75. The van der Waals surface area contributed by atoms with Gasteiger partial charge in [0, 0.05) is 5.56 Å². The second kappa shape index (κ2) is 2.81. The van der Waals surface area contributed by atoms with Gasteiger partial charge >= 0.3 is 0 Å². The lowest BCUT2D eigenvalue weighted by molar-refractivity contribution is 0.574. The first-order valence-electron chi connectivity index (χ1n) is 3.75. The van der Waals surface area contributed by atoms with Crippen molar-refractivity contribution in [2.45, 2.75) is 6.92 Å². The lowest BCUT2D eigenvalue weighted by Crippen LogP contribution is -1.76. The summed E-state index contributed by atoms with van der Waals surface area (Å²) in [5.41, 5.74) is 2.22. The molecule has 2 heteroatoms. The van der Waals surface area contributed by atoms with Crippen molar-refractivity contribution in [3.63, 3.8) is 0 Å². The number of hydrogen-bond donors (Lipinski definition) is 0. The number of oxazole rings is 1. The van der Waals surface area contributed by atoms with Gasteiger partial charge in [-0.25, -0.2) is 4.98 Å². The molecule has 0 atom stereocenters. The fourth-order valence-corrected chi connectivity index (χ4v) is 1.02. The molecule has 2 rings (SSSR count). The fourth-order valence-electron chi connectivity index (χ4n) is 1.02. The van der Waals surface area contributed by atoms with Gasteiger partial charge in [0.15, 0.2) is 0 Å². The maximum atomic E-state index is 5.09. The van der Waals surface area contributed by atoms with Crippen molar-refractivity contribution in [1.29, 1.82) is 0 Å². The van der Waals surface area contributed by atoms with Crippen molar-refractivity contribution in [2.75, 3.05) is 0 Å². The van der Waals surface area contributed by atoms with E-state index in [1.807, 2.05) is 31.2 Å². The molecule has 59 valence electrons. The topological polar surface area (TPSA) is 26.0 Å². The van der Waals surface area contributed by atoms with E-state index in [2.05, 4.69) is 11.2 Å². The van der Waals surface area contributed by atoms with Crippen LogP contribution in [0.1, 0.15) is 5.56 Å². The summed E-state index contributed by atoms with van der Waals surface area (Å²) in [6.45, 7) is 2.05. The predicted molar refractivity (Wildman–Crippen MR) is 45.5 cm³/mol. The molecule has 0 aliphatic rings. The van der Waals surface area contributed by atoms with Crippen LogP contribution in [-0.4, -0.2) is 4.98 Å². The van der Waals surface area contributed by atoms with E-state index in [9.17, 15) is 0 Å². The van der Waals surface area contributed by atoms with E-state index in [0.717, 1.165) is 5.56 Å². The number of aromatic nitrogens is 1. The smallest absolute Gasteiger partial charge is 0.226 e. The summed E-state index contributed by atoms with van der Waals surface area (Å²) < 4.78 is 5.09. The minimum atomic E-state index is 0.620. The highest BCUT2D eigenvalue weighted by Gasteiger charge is 1.99. The SMILES string of the molecule is Cc1ccc(-c2n[c]co2)cc1. The minimum absolute atomic E-state index is 0.620. The Morgan fingerprint density at radius 2 is 2.00 bits per heavy atom. The van der Waals surface area contributed by atoms with Crippen LogP contribution in [0.5, 0.6) is 0 Å². The van der Waals surface area contributed by atoms with Crippen molar-refractivity contribution < 1.29 is 4.42 Å². The Hall–Kier alpha value is -1.57. The summed E-state index contributed by atoms with van der Waals surface area (Å²) >= 11 is 0. The van der Waals surface area contributed by atoms with Gasteiger partial charge in [-0.1, -0.05) is 17.7 Å². The molecule has 1 aromatic carbocycles. The van der Waals surface area contributed by atoms with Crippen molar-refractivity contribution in [2.24, 2.45) is 0 Å².